The first-order valence-corrected chi connectivity index (χ1v) is 25.9. The van der Waals surface area contributed by atoms with Gasteiger partial charge in [0, 0.05) is 52.8 Å². The molecule has 0 saturated heterocycles. The fourth-order valence-electron chi connectivity index (χ4n) is 16.7. The molecule has 0 bridgehead atoms. The maximum Gasteiger partial charge on any atom is 0.339 e. The van der Waals surface area contributed by atoms with Gasteiger partial charge in [-0.25, -0.2) is 9.37 Å². The molecule has 2 aromatic rings. The molecule has 2 aromatic carbocycles. The van der Waals surface area contributed by atoms with E-state index in [0.717, 1.165) is 122 Å². The molecule has 0 aromatic heterocycles. The van der Waals surface area contributed by atoms with Gasteiger partial charge in [0.15, 0.2) is 0 Å². The molecule has 8 heteroatoms. The Morgan fingerprint density at radius 3 is 2.21 bits per heavy atom. The van der Waals surface area contributed by atoms with Crippen LogP contribution in [0.25, 0.3) is 33.4 Å². The van der Waals surface area contributed by atoms with Crippen LogP contribution in [0.5, 0.6) is 0 Å². The molecule has 5 saturated carbocycles. The zero-order chi connectivity index (χ0) is 47.1. The minimum atomic E-state index is -0.380. The first-order valence-electron chi connectivity index (χ1n) is 25.9. The molecule has 0 spiro atoms. The predicted molar refractivity (Wildman–Crippen MR) is 268 cm³/mol. The summed E-state index contributed by atoms with van der Waals surface area (Å²) in [6, 6.07) is 21.1. The molecule has 0 N–H and O–H groups in total. The van der Waals surface area contributed by atoms with Crippen molar-refractivity contribution in [2.45, 2.75) is 140 Å². The van der Waals surface area contributed by atoms with Crippen molar-refractivity contribution in [2.75, 3.05) is 38.2 Å². The summed E-state index contributed by atoms with van der Waals surface area (Å²) < 4.78 is 21.7. The highest BCUT2D eigenvalue weighted by Gasteiger charge is 2.72. The summed E-state index contributed by atoms with van der Waals surface area (Å²) in [6.07, 6.45) is 10.3. The van der Waals surface area contributed by atoms with Crippen LogP contribution in [0.2, 0.25) is 0 Å². The Kier molecular flexibility index (Phi) is 13.3. The van der Waals surface area contributed by atoms with Crippen molar-refractivity contribution in [3.8, 4) is 22.5 Å². The number of allylic oxidation sites excluding steroid dienone is 1. The van der Waals surface area contributed by atoms with Gasteiger partial charge in [-0.15, -0.1) is 0 Å². The zero-order valence-corrected chi connectivity index (χ0v) is 43.4. The zero-order valence-electron chi connectivity index (χ0n) is 42.7. The summed E-state index contributed by atoms with van der Waals surface area (Å²) in [6.45, 7) is 31.7. The summed E-state index contributed by atoms with van der Waals surface area (Å²) in [5, 5.41) is 2.10. The summed E-state index contributed by atoms with van der Waals surface area (Å²) in [5.74, 6) is 2.71. The fraction of sp³-hybridized carbons (Fsp3) is 0.610. The van der Waals surface area contributed by atoms with E-state index in [9.17, 15) is 9.59 Å². The van der Waals surface area contributed by atoms with Crippen LogP contribution >= 0.6 is 0 Å². The smallest absolute Gasteiger partial charge is 0.339 e. The maximum atomic E-state index is 15.0. The van der Waals surface area contributed by atoms with Crippen molar-refractivity contribution in [1.29, 1.82) is 0 Å². The molecule has 0 amide bonds. The lowest BCUT2D eigenvalue weighted by Crippen LogP contribution is -3.00. The second-order valence-electron chi connectivity index (χ2n) is 22.8. The van der Waals surface area contributed by atoms with Crippen LogP contribution in [0.1, 0.15) is 144 Å². The van der Waals surface area contributed by atoms with Crippen LogP contribution in [-0.2, 0) is 14.3 Å². The molecule has 7 aliphatic rings. The van der Waals surface area contributed by atoms with Gasteiger partial charge in [0.1, 0.15) is 30.5 Å². The number of nitrogens with zero attached hydrogens (tertiary/aromatic N) is 2. The van der Waals surface area contributed by atoms with Gasteiger partial charge in [0.25, 0.3) is 0 Å². The minimum Gasteiger partial charge on any atom is -1.00 e. The quantitative estimate of drug-likeness (QED) is 0.0683. The number of hydrogen-bond acceptors (Lipinski definition) is 6. The molecular weight excluding hydrogens is 852 g/mol. The van der Waals surface area contributed by atoms with Crippen LogP contribution < -0.4 is 27.2 Å². The van der Waals surface area contributed by atoms with Gasteiger partial charge in [-0.3, -0.25) is 4.79 Å². The lowest BCUT2D eigenvalue weighted by atomic mass is 9.32. The van der Waals surface area contributed by atoms with E-state index in [0.29, 0.717) is 35.2 Å². The lowest BCUT2D eigenvalue weighted by Gasteiger charge is -2.72. The number of hydrogen-bond donors (Lipinski definition) is 0. The standard InChI is InChI=1S/C59H79N2O5.ClH/c1-13-60(14-2)38-21-23-43-46(35-38)65-47-36-39(61(15-3)16-4)22-24-44(47)51(43)41-19-17-18-20-42(41)53(62)66-50-29-30-56(9)48(55(50,7)8)28-31-58(11)49(56)26-25-45-52-40(37(5)6)27-32-59(52,54(63)64-12)34-33-57(45,58)10;/h17-24,35-36,40,45,48-50,52H,5,13-16,25-34H2,1-4,6-12H3;1H/q+1;/p-1/t40-,45+,48-,49+,50-,52-,56-,57+,58+,59-;/m0./s1. The van der Waals surface area contributed by atoms with Crippen LogP contribution in [0.15, 0.2) is 77.2 Å². The second-order valence-corrected chi connectivity index (χ2v) is 22.8. The molecule has 0 unspecified atom stereocenters. The number of halogens is 1. The SMILES string of the molecule is C=C(C)[C@@H]1CC[C@]2(C(=O)OC)CC[C@]3(C)[C@H](CC[C@@H]4[C@@]5(C)CC[C@H](OC(=O)c6ccccc6-c6c7ccc(=[N+](CC)CC)cc-7oc7cc(N(CC)CC)ccc67)C(C)(C)[C@@H]5CC[C@]43C)[C@H]12.[Cl-]. The number of anilines is 1. The maximum absolute atomic E-state index is 15.0. The summed E-state index contributed by atoms with van der Waals surface area (Å²) >= 11 is 0. The molecule has 7 nitrogen and oxygen atoms in total. The Morgan fingerprint density at radius 1 is 0.791 bits per heavy atom. The molecule has 0 radical (unpaired) electrons. The normalized spacial score (nSPS) is 32.8. The first-order chi connectivity index (χ1) is 31.5. The Morgan fingerprint density at radius 2 is 1.52 bits per heavy atom. The average molecular weight is 932 g/mol. The number of carbonyl (C=O) groups excluding carboxylic acids is 2. The number of esters is 2. The highest BCUT2D eigenvalue weighted by atomic mass is 35.5. The van der Waals surface area contributed by atoms with Crippen molar-refractivity contribution in [3.63, 3.8) is 0 Å². The van der Waals surface area contributed by atoms with Crippen LogP contribution in [-0.4, -0.2) is 51.3 Å². The Labute approximate surface area is 407 Å². The predicted octanol–water partition coefficient (Wildman–Crippen LogP) is 10.2. The topological polar surface area (TPSA) is 72.0 Å². The molecule has 67 heavy (non-hydrogen) atoms. The molecule has 6 aliphatic carbocycles. The third kappa shape index (κ3) is 7.34. The molecule has 362 valence electrons. The van der Waals surface area contributed by atoms with Gasteiger partial charge in [-0.05, 0) is 174 Å². The van der Waals surface area contributed by atoms with E-state index in [2.05, 4.69) is 128 Å². The number of rotatable bonds is 10. The number of benzene rings is 3. The number of methoxy groups -OCH3 is 1. The Hall–Kier alpha value is -4.10. The van der Waals surface area contributed by atoms with E-state index in [4.69, 9.17) is 13.9 Å². The molecule has 10 atom stereocenters. The average Bonchev–Trinajstić information content (AvgIpc) is 3.71. The third-order valence-electron chi connectivity index (χ3n) is 20.2. The number of fused-ring (bicyclic) bond motifs is 9. The molecule has 5 fully saturated rings. The second kappa shape index (κ2) is 18.0. The van der Waals surface area contributed by atoms with Gasteiger partial charge in [-0.2, -0.15) is 0 Å². The van der Waals surface area contributed by atoms with Crippen LogP contribution in [0, 0.1) is 56.7 Å². The van der Waals surface area contributed by atoms with Crippen molar-refractivity contribution >= 4 is 28.6 Å². The first kappa shape index (κ1) is 49.3. The summed E-state index contributed by atoms with van der Waals surface area (Å²) in [7, 11) is 1.60. The van der Waals surface area contributed by atoms with Crippen LogP contribution in [0.3, 0.4) is 0 Å². The van der Waals surface area contributed by atoms with Gasteiger partial charge >= 0.3 is 11.9 Å². The van der Waals surface area contributed by atoms with E-state index >= 15 is 0 Å². The Bertz CT molecular complexity index is 2580. The fourth-order valence-corrected chi connectivity index (χ4v) is 16.7. The highest BCUT2D eigenvalue weighted by molar-refractivity contribution is 6.08. The molecule has 1 aliphatic heterocycles. The van der Waals surface area contributed by atoms with E-state index in [1.165, 1.54) is 18.4 Å². The minimum absolute atomic E-state index is 0. The van der Waals surface area contributed by atoms with Crippen molar-refractivity contribution in [2.24, 2.45) is 56.7 Å². The van der Waals surface area contributed by atoms with Crippen molar-refractivity contribution in [3.05, 3.63) is 83.7 Å². The van der Waals surface area contributed by atoms with E-state index in [1.807, 2.05) is 18.2 Å². The highest BCUT2D eigenvalue weighted by Crippen LogP contribution is 2.77. The van der Waals surface area contributed by atoms with E-state index in [1.54, 1.807) is 7.11 Å². The molecular formula is C59H79ClN2O5. The largest absolute Gasteiger partial charge is 1.00 e. The summed E-state index contributed by atoms with van der Waals surface area (Å²) in [4.78, 5) is 31.1. The monoisotopic (exact) mass is 931 g/mol. The van der Waals surface area contributed by atoms with Crippen molar-refractivity contribution in [1.82, 2.24) is 4.58 Å². The van der Waals surface area contributed by atoms with E-state index < -0.39 is 0 Å². The molecule has 1 heterocycles. The van der Waals surface area contributed by atoms with Gasteiger partial charge in [0.2, 0.25) is 5.36 Å². The molecule has 9 rings (SSSR count). The lowest BCUT2D eigenvalue weighted by molar-refractivity contribution is -0.248. The summed E-state index contributed by atoms with van der Waals surface area (Å²) in [5.41, 5.74) is 6.41. The van der Waals surface area contributed by atoms with Crippen molar-refractivity contribution < 1.29 is 35.9 Å². The van der Waals surface area contributed by atoms with E-state index in [-0.39, 0.29) is 57.5 Å². The number of ether oxygens (including phenoxy) is 2. The van der Waals surface area contributed by atoms with Gasteiger partial charge in [0.05, 0.1) is 24.2 Å². The van der Waals surface area contributed by atoms with Gasteiger partial charge in [-0.1, -0.05) is 65.0 Å². The van der Waals surface area contributed by atoms with Crippen LogP contribution in [0.4, 0.5) is 5.69 Å². The Balaban J connectivity index is 0.00000608. The number of carbonyl (C=O) groups is 2. The third-order valence-corrected chi connectivity index (χ3v) is 20.2. The van der Waals surface area contributed by atoms with Gasteiger partial charge < -0.3 is 31.2 Å².